The van der Waals surface area contributed by atoms with Crippen molar-refractivity contribution in [2.24, 2.45) is 0 Å². The monoisotopic (exact) mass is 335 g/mol. The molecule has 0 bridgehead atoms. The number of benzene rings is 2. The van der Waals surface area contributed by atoms with Gasteiger partial charge in [-0.2, -0.15) is 0 Å². The van der Waals surface area contributed by atoms with Gasteiger partial charge >= 0.3 is 0 Å². The molecule has 0 unspecified atom stereocenters. The summed E-state index contributed by atoms with van der Waals surface area (Å²) in [5.41, 5.74) is 5.16. The molecule has 2 heteroatoms. The summed E-state index contributed by atoms with van der Waals surface area (Å²) >= 11 is 0. The molecule has 3 rings (SSSR count). The molecule has 1 aliphatic rings. The van der Waals surface area contributed by atoms with Crippen LogP contribution >= 0.6 is 0 Å². The fourth-order valence-electron chi connectivity index (χ4n) is 3.59. The first-order valence-corrected chi connectivity index (χ1v) is 8.79. The Balaban J connectivity index is 2.31. The first kappa shape index (κ1) is 17.9. The van der Waals surface area contributed by atoms with Gasteiger partial charge in [-0.15, -0.1) is 0 Å². The zero-order valence-corrected chi connectivity index (χ0v) is 16.3. The Labute approximate surface area is 151 Å². The predicted molar refractivity (Wildman–Crippen MR) is 103 cm³/mol. The maximum absolute atomic E-state index is 12.2. The number of methoxy groups -OCH3 is 1. The molecule has 131 valence electrons. The lowest BCUT2D eigenvalue weighted by Gasteiger charge is -2.27. The van der Waals surface area contributed by atoms with Crippen LogP contribution < -0.4 is 0 Å². The first-order chi connectivity index (χ1) is 11.5. The smallest absolute Gasteiger partial charge is 0.243 e. The van der Waals surface area contributed by atoms with E-state index in [4.69, 9.17) is 4.74 Å². The van der Waals surface area contributed by atoms with Crippen LogP contribution in [0.5, 0.6) is 0 Å². The molecular weight excluding hydrogens is 308 g/mol. The zero-order chi connectivity index (χ0) is 18.6. The van der Waals surface area contributed by atoms with E-state index in [1.807, 2.05) is 0 Å². The maximum atomic E-state index is 12.2. The molecule has 0 N–H and O–H groups in total. The van der Waals surface area contributed by atoms with Gasteiger partial charge in [-0.3, -0.25) is 4.79 Å². The highest BCUT2D eigenvalue weighted by Gasteiger charge is 2.45. The molecule has 0 fully saturated rings. The van der Waals surface area contributed by atoms with E-state index < -0.39 is 5.60 Å². The maximum Gasteiger partial charge on any atom is 0.243 e. The molecule has 0 heterocycles. The van der Waals surface area contributed by atoms with E-state index in [1.54, 1.807) is 7.11 Å². The third-order valence-electron chi connectivity index (χ3n) is 5.27. The fraction of sp³-hybridized carbons (Fsp3) is 0.435. The highest BCUT2D eigenvalue weighted by molar-refractivity contribution is 5.91. The Hall–Kier alpha value is -1.93. The number of rotatable bonds is 2. The Bertz CT molecular complexity index is 769. The van der Waals surface area contributed by atoms with Crippen molar-refractivity contribution in [2.75, 3.05) is 7.11 Å². The number of ether oxygens (including phenoxy) is 1. The second-order valence-corrected chi connectivity index (χ2v) is 9.01. The van der Waals surface area contributed by atoms with Gasteiger partial charge in [0.25, 0.3) is 0 Å². The highest BCUT2D eigenvalue weighted by Crippen LogP contribution is 2.50. The minimum absolute atomic E-state index is 0.00272. The van der Waals surface area contributed by atoms with Crippen LogP contribution in [0, 0.1) is 0 Å². The minimum atomic E-state index is -1.15. The van der Waals surface area contributed by atoms with Crippen molar-refractivity contribution in [3.63, 3.8) is 0 Å². The fourth-order valence-corrected chi connectivity index (χ4v) is 3.59. The molecule has 2 aromatic carbocycles. The van der Waals surface area contributed by atoms with Crippen molar-refractivity contribution in [1.82, 2.24) is 0 Å². The summed E-state index contributed by atoms with van der Waals surface area (Å²) in [7, 11) is 1.59. The predicted octanol–water partition coefficient (Wildman–Crippen LogP) is 5.26. The normalized spacial score (nSPS) is 15.6. The average molecular weight is 335 g/mol. The Kier molecular flexibility index (Phi) is 3.96. The Morgan fingerprint density at radius 2 is 1.20 bits per heavy atom. The summed E-state index contributed by atoms with van der Waals surface area (Å²) in [6.07, 6.45) is 2.22. The molecule has 25 heavy (non-hydrogen) atoms. The molecule has 0 amide bonds. The summed E-state index contributed by atoms with van der Waals surface area (Å²) < 4.78 is 5.81. The number of hydrogen-bond acceptors (Lipinski definition) is 2. The quantitative estimate of drug-likeness (QED) is 0.748. The highest BCUT2D eigenvalue weighted by atomic mass is 16.5. The minimum Gasteiger partial charge on any atom is -0.360 e. The lowest BCUT2D eigenvalue weighted by Crippen LogP contribution is -2.30. The van der Waals surface area contributed by atoms with E-state index in [0.717, 1.165) is 22.3 Å². The molecule has 0 saturated heterocycles. The van der Waals surface area contributed by atoms with Gasteiger partial charge in [-0.1, -0.05) is 77.9 Å². The molecule has 1 aliphatic carbocycles. The van der Waals surface area contributed by atoms with Gasteiger partial charge < -0.3 is 4.74 Å². The van der Waals surface area contributed by atoms with Gasteiger partial charge in [0.15, 0.2) is 5.60 Å². The standard InChI is InChI=1S/C23H27O2/c1-21(2,3)15-8-10-17-18-11-9-16(22(4,5)6)13-20(18)23(14-24,25-7)19(17)12-15/h8-13H,1-7H3. The first-order valence-electron chi connectivity index (χ1n) is 8.79. The Morgan fingerprint density at radius 1 is 0.800 bits per heavy atom. The van der Waals surface area contributed by atoms with Crippen molar-refractivity contribution in [3.8, 4) is 11.1 Å². The summed E-state index contributed by atoms with van der Waals surface area (Å²) in [5, 5.41) is 0. The number of hydrogen-bond donors (Lipinski definition) is 0. The van der Waals surface area contributed by atoms with Gasteiger partial charge in [-0.25, -0.2) is 0 Å². The van der Waals surface area contributed by atoms with Gasteiger partial charge in [0.05, 0.1) is 0 Å². The van der Waals surface area contributed by atoms with Crippen molar-refractivity contribution in [1.29, 1.82) is 0 Å². The van der Waals surface area contributed by atoms with Gasteiger partial charge in [0, 0.05) is 18.2 Å². The molecule has 0 spiro atoms. The molecule has 0 saturated carbocycles. The van der Waals surface area contributed by atoms with E-state index in [0.29, 0.717) is 0 Å². The van der Waals surface area contributed by atoms with E-state index >= 15 is 0 Å². The second kappa shape index (κ2) is 5.54. The van der Waals surface area contributed by atoms with Crippen molar-refractivity contribution in [3.05, 3.63) is 58.7 Å². The molecule has 1 radical (unpaired) electrons. The number of carbonyl (C=O) groups excluding carboxylic acids is 1. The average Bonchev–Trinajstić information content (AvgIpc) is 2.82. The van der Waals surface area contributed by atoms with Crippen LogP contribution in [0.25, 0.3) is 11.1 Å². The lowest BCUT2D eigenvalue weighted by atomic mass is 9.82. The summed E-state index contributed by atoms with van der Waals surface area (Å²) in [5.74, 6) is 0. The van der Waals surface area contributed by atoms with Crippen LogP contribution in [-0.2, 0) is 26.0 Å². The van der Waals surface area contributed by atoms with Crippen molar-refractivity contribution >= 4 is 6.29 Å². The van der Waals surface area contributed by atoms with E-state index in [2.05, 4.69) is 84.2 Å². The Morgan fingerprint density at radius 3 is 1.48 bits per heavy atom. The summed E-state index contributed by atoms with van der Waals surface area (Å²) in [6, 6.07) is 12.8. The lowest BCUT2D eigenvalue weighted by molar-refractivity contribution is 0.0839. The summed E-state index contributed by atoms with van der Waals surface area (Å²) in [6.45, 7) is 13.0. The van der Waals surface area contributed by atoms with E-state index in [9.17, 15) is 4.79 Å². The molecule has 2 aromatic rings. The van der Waals surface area contributed by atoms with Crippen LogP contribution in [0.4, 0.5) is 0 Å². The zero-order valence-electron chi connectivity index (χ0n) is 16.3. The molecule has 0 aromatic heterocycles. The largest absolute Gasteiger partial charge is 0.360 e. The van der Waals surface area contributed by atoms with Gasteiger partial charge in [0.2, 0.25) is 6.29 Å². The third-order valence-corrected chi connectivity index (χ3v) is 5.27. The SMILES string of the molecule is COC1([C]=O)c2cc(C(C)(C)C)ccc2-c2ccc(C(C)(C)C)cc21. The van der Waals surface area contributed by atoms with Gasteiger partial charge in [-0.05, 0) is 33.1 Å². The molecule has 0 atom stereocenters. The van der Waals surface area contributed by atoms with E-state index in [-0.39, 0.29) is 10.8 Å². The topological polar surface area (TPSA) is 26.3 Å². The van der Waals surface area contributed by atoms with Crippen LogP contribution in [0.2, 0.25) is 0 Å². The van der Waals surface area contributed by atoms with Crippen LogP contribution in [0.15, 0.2) is 36.4 Å². The van der Waals surface area contributed by atoms with Gasteiger partial charge in [0.1, 0.15) is 0 Å². The number of fused-ring (bicyclic) bond motifs is 3. The van der Waals surface area contributed by atoms with Crippen molar-refractivity contribution in [2.45, 2.75) is 58.0 Å². The van der Waals surface area contributed by atoms with Crippen LogP contribution in [-0.4, -0.2) is 13.4 Å². The van der Waals surface area contributed by atoms with Crippen LogP contribution in [0.3, 0.4) is 0 Å². The van der Waals surface area contributed by atoms with E-state index in [1.165, 1.54) is 11.1 Å². The molecule has 2 nitrogen and oxygen atoms in total. The molecular formula is C23H27O2. The second-order valence-electron chi connectivity index (χ2n) is 9.01. The summed E-state index contributed by atoms with van der Waals surface area (Å²) in [4.78, 5) is 12.2. The molecule has 0 aliphatic heterocycles. The van der Waals surface area contributed by atoms with Crippen molar-refractivity contribution < 1.29 is 9.53 Å². The third kappa shape index (κ3) is 2.64. The van der Waals surface area contributed by atoms with Crippen LogP contribution in [0.1, 0.15) is 63.8 Å².